The van der Waals surface area contributed by atoms with E-state index in [0.717, 1.165) is 26.5 Å². The largest absolute Gasteiger partial charge is 0.399 e. The summed E-state index contributed by atoms with van der Waals surface area (Å²) in [6, 6.07) is 2.49. The summed E-state index contributed by atoms with van der Waals surface area (Å²) >= 11 is 0.783. The van der Waals surface area contributed by atoms with Gasteiger partial charge >= 0.3 is 0 Å². The predicted octanol–water partition coefficient (Wildman–Crippen LogP) is -0.871. The third-order valence-electron chi connectivity index (χ3n) is 25.0. The number of likely N-dealkylation sites (N-methyl/N-ethyl adjacent to an activating group) is 3. The van der Waals surface area contributed by atoms with Gasteiger partial charge < -0.3 is 120 Å². The number of aromatic nitrogens is 4. The summed E-state index contributed by atoms with van der Waals surface area (Å²) in [4.78, 5) is 270. The molecule has 3 aromatic carbocycles. The highest BCUT2D eigenvalue weighted by Crippen LogP contribution is 2.31. The van der Waals surface area contributed by atoms with E-state index in [9.17, 15) is 53.4 Å². The first kappa shape index (κ1) is 106. The summed E-state index contributed by atoms with van der Waals surface area (Å²) in [5.41, 5.74) is 26.5. The molecular formula is C93H131N23O19S. The van der Waals surface area contributed by atoms with Crippen LogP contribution in [-0.4, -0.2) is 305 Å². The number of hydrogen-bond acceptors (Lipinski definition) is 23. The number of nitrogen functional groups attached to an aromatic ring is 1. The van der Waals surface area contributed by atoms with Crippen LogP contribution in [0.4, 0.5) is 5.69 Å². The maximum Gasteiger partial charge on any atom is 0.246 e. The van der Waals surface area contributed by atoms with Crippen molar-refractivity contribution in [3.05, 3.63) is 120 Å². The molecule has 3 saturated heterocycles. The third kappa shape index (κ3) is 29.6. The molecule has 43 heteroatoms. The molecule has 0 spiro atoms. The Bertz CT molecular complexity index is 5240. The number of imidazole rings is 1. The van der Waals surface area contributed by atoms with Gasteiger partial charge in [0, 0.05) is 142 Å². The van der Waals surface area contributed by atoms with Crippen molar-refractivity contribution in [2.75, 3.05) is 71.2 Å². The number of aliphatic hydroxyl groups is 2. The van der Waals surface area contributed by atoms with Crippen molar-refractivity contribution < 1.29 is 91.7 Å². The second-order valence-electron chi connectivity index (χ2n) is 35.7. The number of benzene rings is 3. The van der Waals surface area contributed by atoms with Gasteiger partial charge in [-0.15, -0.1) is 11.8 Å². The lowest BCUT2D eigenvalue weighted by molar-refractivity contribution is -0.150. The van der Waals surface area contributed by atoms with Gasteiger partial charge in [0.15, 0.2) is 17.5 Å². The Morgan fingerprint density at radius 3 is 1.77 bits per heavy atom. The first-order valence-corrected chi connectivity index (χ1v) is 47.2. The number of amides is 15. The van der Waals surface area contributed by atoms with E-state index in [2.05, 4.69) is 67.8 Å². The number of carbonyl (C=O) groups excluding carboxylic acids is 17. The van der Waals surface area contributed by atoms with Gasteiger partial charge in [-0.05, 0) is 112 Å². The van der Waals surface area contributed by atoms with Crippen LogP contribution in [0.15, 0.2) is 97.7 Å². The van der Waals surface area contributed by atoms with Gasteiger partial charge in [0.1, 0.15) is 66.5 Å². The van der Waals surface area contributed by atoms with Crippen LogP contribution in [0.25, 0.3) is 21.8 Å². The van der Waals surface area contributed by atoms with Crippen LogP contribution in [0.2, 0.25) is 0 Å². The number of nitrogens with two attached hydrogens (primary N) is 4. The molecule has 3 aliphatic rings. The highest BCUT2D eigenvalue weighted by Gasteiger charge is 2.47. The lowest BCUT2D eigenvalue weighted by atomic mass is 9.88. The van der Waals surface area contributed by atoms with Crippen molar-refractivity contribution in [3.63, 3.8) is 0 Å². The number of carbonyl (C=O) groups is 17. The van der Waals surface area contributed by atoms with E-state index >= 15 is 38.4 Å². The predicted molar refractivity (Wildman–Crippen MR) is 505 cm³/mol. The minimum Gasteiger partial charge on any atom is -0.399 e. The molecule has 15 atom stereocenters. The first-order valence-electron chi connectivity index (χ1n) is 46.1. The number of nitrogens with zero attached hydrogens (tertiary/aromatic N) is 6. The number of primary amides is 2. The SMILES string of the molecule is CCCC[C@H]1C(=O)N(C)[C@@H](CCCC)C(=O)N[C@@H](CCCNC(=N)N)C(=O)N[C@H](C(=O)NCC(N)=O)CSCC(=O)N[C@@H](Cc2ccc(N)cc2)C(=O)N(C)[C@@H](C)C(=O)N[C@@H](CC(N)=O)C(=O)N2CCC[C@H]2C(=O)N[C@@H](Cc2cnc[nH]2)C(=O)N[C@@H](CC(C)C)C(=O)N2C[C@H](O)C[C@H]2C(=O)C[C@@H](Cc2c[nH]c3ccccc23)C(=O)N[C@@H](CO)C(=O)C[C@@H](Cc2c[nH]c3ccccc23)C(=O)N1C. The number of para-hydroxylation sites is 2. The van der Waals surface area contributed by atoms with Crippen LogP contribution in [0.3, 0.4) is 0 Å². The van der Waals surface area contributed by atoms with Crippen molar-refractivity contribution in [1.82, 2.24) is 92.3 Å². The van der Waals surface area contributed by atoms with Crippen LogP contribution >= 0.6 is 11.8 Å². The van der Waals surface area contributed by atoms with Crippen molar-refractivity contribution >= 4 is 145 Å². The van der Waals surface area contributed by atoms with E-state index in [-0.39, 0.29) is 96.1 Å². The fourth-order valence-electron chi connectivity index (χ4n) is 17.4. The van der Waals surface area contributed by atoms with Gasteiger partial charge in [0.25, 0.3) is 0 Å². The Balaban J connectivity index is 1.10. The van der Waals surface area contributed by atoms with Crippen LogP contribution in [0, 0.1) is 23.2 Å². The number of anilines is 1. The molecule has 3 fully saturated rings. The molecular weight excluding hydrogens is 1780 g/mol. The van der Waals surface area contributed by atoms with Gasteiger partial charge in [0.05, 0.1) is 43.8 Å². The molecule has 0 radical (unpaired) electrons. The Morgan fingerprint density at radius 1 is 0.574 bits per heavy atom. The topological polar surface area (TPSA) is 643 Å². The van der Waals surface area contributed by atoms with E-state index in [0.29, 0.717) is 75.6 Å². The standard InChI is InChI=1S/C93H131N23O19S/c1-9-11-24-72-86(129)106-65(23-17-31-100-93(97)98)84(127)111-71(83(126)103-45-79(96)122)48-136-49-80(123)105-68(34-53-27-29-58(94)30-28-53)89(132)112(6)52(5)81(124)108-69(41-78(95)121)90(133)115-32-18-26-73(115)87(130)107-66(39-59-44-99-50-104-59)85(128)109-67(33-51(3)4)91(134)116-46-60(118)40-75(116)77(120)37-54(35-56-42-101-63-21-15-13-19-61(56)63)82(125)110-70(47-117)76(119)38-55(36-57-43-102-64-22-16-14-20-62(57)64)88(131)114(8)74(25-12-10-2)92(135)113(72)7/h13-16,19-22,27-30,42-44,50-52,54-55,60,65-75,101-102,117-118H,9-12,17-18,23-26,31-41,45-49,94H2,1-8H3,(H2,95,121)(H2,96,122)(H,99,104)(H,103,126)(H,105,123)(H,106,129)(H,107,130)(H,108,124)(H,109,128)(H,110,125)(H,111,127)(H4,97,98,100)/t52-,54+,55+,60+,65-,66-,67-,68-,69-,70-,71-,72-,73-,74-,75-/m0/s1. The number of fused-ring (bicyclic) bond motifs is 4. The fourth-order valence-corrected chi connectivity index (χ4v) is 18.2. The summed E-state index contributed by atoms with van der Waals surface area (Å²) in [6.45, 7) is 6.28. The summed E-state index contributed by atoms with van der Waals surface area (Å²) in [5.74, 6) is -19.4. The van der Waals surface area contributed by atoms with Crippen LogP contribution in [0.1, 0.15) is 153 Å². The summed E-state index contributed by atoms with van der Waals surface area (Å²) in [7, 11) is 4.00. The smallest absolute Gasteiger partial charge is 0.246 e. The fraction of sp³-hybridized carbons (Fsp3) is 0.538. The van der Waals surface area contributed by atoms with Gasteiger partial charge in [-0.3, -0.25) is 86.9 Å². The van der Waals surface area contributed by atoms with Crippen LogP contribution in [0.5, 0.6) is 0 Å². The minimum absolute atomic E-state index is 0.000367. The highest BCUT2D eigenvalue weighted by molar-refractivity contribution is 8.00. The summed E-state index contributed by atoms with van der Waals surface area (Å²) in [6.07, 6.45) is 3.20. The average Bonchev–Trinajstić information content (AvgIpc) is 1.53. The van der Waals surface area contributed by atoms with Gasteiger partial charge in [0.2, 0.25) is 88.6 Å². The Morgan fingerprint density at radius 2 is 1.16 bits per heavy atom. The van der Waals surface area contributed by atoms with Gasteiger partial charge in [-0.1, -0.05) is 102 Å². The number of rotatable bonds is 26. The minimum atomic E-state index is -1.77. The number of unbranched alkanes of at least 4 members (excludes halogenated alkanes) is 2. The molecule has 0 aliphatic carbocycles. The van der Waals surface area contributed by atoms with Crippen molar-refractivity contribution in [3.8, 4) is 0 Å². The summed E-state index contributed by atoms with van der Waals surface area (Å²) < 4.78 is 0. The van der Waals surface area contributed by atoms with Crippen LogP contribution in [-0.2, 0) is 107 Å². The zero-order chi connectivity index (χ0) is 99.3. The lowest BCUT2D eigenvalue weighted by Gasteiger charge is -2.36. The maximum absolute atomic E-state index is 15.8. The molecule has 3 aromatic heterocycles. The molecule has 3 aliphatic heterocycles. The molecule has 738 valence electrons. The van der Waals surface area contributed by atoms with Crippen LogP contribution < -0.4 is 70.8 Å². The number of guanidine groups is 1. The summed E-state index contributed by atoms with van der Waals surface area (Å²) in [5, 5.41) is 55.9. The molecule has 15 amide bonds. The lowest BCUT2D eigenvalue weighted by Crippen LogP contribution is -2.60. The van der Waals surface area contributed by atoms with Gasteiger partial charge in [-0.25, -0.2) is 4.98 Å². The molecule has 0 saturated carbocycles. The molecule has 6 aromatic rings. The number of H-pyrrole nitrogens is 3. The van der Waals surface area contributed by atoms with Gasteiger partial charge in [-0.2, -0.15) is 0 Å². The zero-order valence-electron chi connectivity index (χ0n) is 78.1. The van der Waals surface area contributed by atoms with E-state index in [4.69, 9.17) is 28.3 Å². The van der Waals surface area contributed by atoms with E-state index in [1.165, 1.54) is 50.4 Å². The molecule has 136 heavy (non-hydrogen) atoms. The number of hydrogen-bond donors (Lipinski definition) is 19. The highest BCUT2D eigenvalue weighted by atomic mass is 32.2. The maximum atomic E-state index is 15.8. The Kier molecular flexibility index (Phi) is 39.8. The first-order chi connectivity index (χ1) is 64.8. The number of ketones is 2. The molecule has 23 N–H and O–H groups in total. The van der Waals surface area contributed by atoms with Crippen molar-refractivity contribution in [2.24, 2.45) is 35.0 Å². The zero-order valence-corrected chi connectivity index (χ0v) is 78.9. The third-order valence-corrected chi connectivity index (χ3v) is 26.0. The number of Topliss-reactive ketones (excluding diaryl/α,β-unsaturated/α-hetero) is 2. The monoisotopic (exact) mass is 1910 g/mol. The van der Waals surface area contributed by atoms with Crippen molar-refractivity contribution in [1.29, 1.82) is 5.41 Å². The normalized spacial score (nSPS) is 24.8. The second-order valence-corrected chi connectivity index (χ2v) is 36.7. The molecule has 42 nitrogen and oxygen atoms in total. The molecule has 0 unspecified atom stereocenters. The Labute approximate surface area is 792 Å². The van der Waals surface area contributed by atoms with E-state index < -0.39 is 247 Å². The average molecular weight is 1910 g/mol. The Hall–Kier alpha value is -13.3. The molecule has 9 rings (SSSR count). The van der Waals surface area contributed by atoms with Crippen molar-refractivity contribution in [2.45, 2.75) is 235 Å². The molecule has 0 bridgehead atoms. The number of aromatic amines is 3. The molecule has 6 heterocycles. The number of nitrogens with one attached hydrogen (secondary N) is 13. The number of aliphatic hydroxyl groups excluding tert-OH is 2. The quantitative estimate of drug-likeness (QED) is 0.0136. The second kappa shape index (κ2) is 50.9. The van der Waals surface area contributed by atoms with E-state index in [1.54, 1.807) is 86.9 Å². The number of thioether (sulfide) groups is 1. The van der Waals surface area contributed by atoms with E-state index in [1.807, 2.05) is 26.0 Å².